The lowest BCUT2D eigenvalue weighted by molar-refractivity contribution is -0.116. The number of amides is 1. The molecule has 0 aliphatic heterocycles. The van der Waals surface area contributed by atoms with Gasteiger partial charge in [0.15, 0.2) is 0 Å². The van der Waals surface area contributed by atoms with E-state index in [9.17, 15) is 9.59 Å². The maximum absolute atomic E-state index is 12.4. The molecule has 0 unspecified atom stereocenters. The van der Waals surface area contributed by atoms with E-state index in [0.717, 1.165) is 45.5 Å². The van der Waals surface area contributed by atoms with Crippen LogP contribution in [-0.2, 0) is 21.4 Å². The van der Waals surface area contributed by atoms with Crippen molar-refractivity contribution >= 4 is 17.6 Å². The number of ether oxygens (including phenoxy) is 1. The van der Waals surface area contributed by atoms with Crippen molar-refractivity contribution in [2.45, 2.75) is 59.8 Å². The highest BCUT2D eigenvalue weighted by Gasteiger charge is 2.23. The molecule has 0 saturated heterocycles. The average Bonchev–Trinajstić information content (AvgIpc) is 2.88. The molecule has 5 nitrogen and oxygen atoms in total. The number of carbonyl (C=O) groups excluding carboxylic acids is 2. The van der Waals surface area contributed by atoms with Crippen LogP contribution in [0.3, 0.4) is 0 Å². The Labute approximate surface area is 221 Å². The quantitative estimate of drug-likeness (QED) is 0.259. The van der Waals surface area contributed by atoms with Gasteiger partial charge >= 0.3 is 5.97 Å². The minimum Gasteiger partial charge on any atom is -0.462 e. The number of anilines is 1. The molecule has 0 radical (unpaired) electrons. The summed E-state index contributed by atoms with van der Waals surface area (Å²) in [7, 11) is 0. The molecule has 196 valence electrons. The molecule has 3 aromatic rings. The van der Waals surface area contributed by atoms with Crippen molar-refractivity contribution in [3.8, 4) is 22.3 Å². The van der Waals surface area contributed by atoms with Crippen LogP contribution in [0.15, 0.2) is 60.7 Å². The largest absolute Gasteiger partial charge is 0.462 e. The Hall–Kier alpha value is -3.44. The third-order valence-corrected chi connectivity index (χ3v) is 6.56. The number of rotatable bonds is 9. The van der Waals surface area contributed by atoms with Crippen molar-refractivity contribution in [1.82, 2.24) is 0 Å². The zero-order valence-corrected chi connectivity index (χ0v) is 22.9. The third-order valence-electron chi connectivity index (χ3n) is 6.56. The first-order chi connectivity index (χ1) is 17.6. The summed E-state index contributed by atoms with van der Waals surface area (Å²) in [5.41, 5.74) is 7.89. The summed E-state index contributed by atoms with van der Waals surface area (Å²) in [6.07, 6.45) is 1.21. The zero-order valence-electron chi connectivity index (χ0n) is 22.9. The second-order valence-electron chi connectivity index (χ2n) is 10.3. The van der Waals surface area contributed by atoms with Crippen molar-refractivity contribution in [2.24, 2.45) is 0 Å². The van der Waals surface area contributed by atoms with Crippen LogP contribution in [0, 0.1) is 0 Å². The highest BCUT2D eigenvalue weighted by atomic mass is 16.5. The van der Waals surface area contributed by atoms with Gasteiger partial charge in [-0.15, -0.1) is 0 Å². The van der Waals surface area contributed by atoms with E-state index in [1.54, 1.807) is 13.0 Å². The van der Waals surface area contributed by atoms with Gasteiger partial charge in [-0.1, -0.05) is 58.0 Å². The summed E-state index contributed by atoms with van der Waals surface area (Å²) in [6.45, 7) is 13.0. The molecule has 0 aliphatic carbocycles. The summed E-state index contributed by atoms with van der Waals surface area (Å²) >= 11 is 0. The maximum Gasteiger partial charge on any atom is 0.338 e. The molecule has 0 heterocycles. The van der Waals surface area contributed by atoms with E-state index in [1.807, 2.05) is 24.0 Å². The lowest BCUT2D eigenvalue weighted by Gasteiger charge is -2.29. The molecular formula is C32H39NO4. The predicted molar refractivity (Wildman–Crippen MR) is 151 cm³/mol. The van der Waals surface area contributed by atoms with E-state index < -0.39 is 0 Å². The summed E-state index contributed by atoms with van der Waals surface area (Å²) < 4.78 is 5.25. The summed E-state index contributed by atoms with van der Waals surface area (Å²) in [6, 6.07) is 20.5. The molecule has 0 spiro atoms. The van der Waals surface area contributed by atoms with Crippen LogP contribution in [0.2, 0.25) is 0 Å². The monoisotopic (exact) mass is 501 g/mol. The van der Waals surface area contributed by atoms with Gasteiger partial charge in [0, 0.05) is 32.2 Å². The Morgan fingerprint density at radius 1 is 0.919 bits per heavy atom. The van der Waals surface area contributed by atoms with E-state index in [0.29, 0.717) is 18.5 Å². The lowest BCUT2D eigenvalue weighted by Crippen LogP contribution is -2.30. The SMILES string of the molecule is CCc1cc(C(=O)OCCCO)ccc1-c1cccc(-c2ccc(N(CC)C(C)=O)c(C(C)(C)C)c2)c1. The minimum atomic E-state index is -0.370. The van der Waals surface area contributed by atoms with E-state index in [1.165, 1.54) is 0 Å². The van der Waals surface area contributed by atoms with Gasteiger partial charge in [-0.3, -0.25) is 4.79 Å². The van der Waals surface area contributed by atoms with Gasteiger partial charge in [0.2, 0.25) is 5.91 Å². The Morgan fingerprint density at radius 2 is 1.62 bits per heavy atom. The molecule has 1 N–H and O–H groups in total. The average molecular weight is 502 g/mol. The Morgan fingerprint density at radius 3 is 2.24 bits per heavy atom. The number of hydrogen-bond donors (Lipinski definition) is 1. The van der Waals surface area contributed by atoms with Crippen molar-refractivity contribution in [2.75, 3.05) is 24.7 Å². The molecule has 0 bridgehead atoms. The first-order valence-electron chi connectivity index (χ1n) is 13.0. The molecule has 37 heavy (non-hydrogen) atoms. The van der Waals surface area contributed by atoms with Crippen molar-refractivity contribution in [3.63, 3.8) is 0 Å². The van der Waals surface area contributed by atoms with Crippen LogP contribution in [0.1, 0.15) is 69.4 Å². The van der Waals surface area contributed by atoms with E-state index in [4.69, 9.17) is 9.84 Å². The number of aliphatic hydroxyl groups excluding tert-OH is 1. The van der Waals surface area contributed by atoms with E-state index in [2.05, 4.69) is 70.2 Å². The second-order valence-corrected chi connectivity index (χ2v) is 10.3. The second kappa shape index (κ2) is 12.2. The number of benzene rings is 3. The lowest BCUT2D eigenvalue weighted by atomic mass is 9.83. The van der Waals surface area contributed by atoms with Gasteiger partial charge in [-0.05, 0) is 82.5 Å². The fraction of sp³-hybridized carbons (Fsp3) is 0.375. The molecule has 0 aromatic heterocycles. The number of aliphatic hydroxyl groups is 1. The molecule has 0 fully saturated rings. The van der Waals surface area contributed by atoms with Crippen LogP contribution in [0.4, 0.5) is 5.69 Å². The molecule has 0 aliphatic rings. The molecule has 1 amide bonds. The summed E-state index contributed by atoms with van der Waals surface area (Å²) in [4.78, 5) is 26.5. The number of aryl methyl sites for hydroxylation is 1. The first-order valence-corrected chi connectivity index (χ1v) is 13.0. The third kappa shape index (κ3) is 6.66. The van der Waals surface area contributed by atoms with Gasteiger partial charge in [0.25, 0.3) is 0 Å². The van der Waals surface area contributed by atoms with Crippen molar-refractivity contribution in [1.29, 1.82) is 0 Å². The number of nitrogens with zero attached hydrogens (tertiary/aromatic N) is 1. The fourth-order valence-corrected chi connectivity index (χ4v) is 4.59. The molecule has 3 rings (SSSR count). The zero-order chi connectivity index (χ0) is 27.2. The normalized spacial score (nSPS) is 11.3. The smallest absolute Gasteiger partial charge is 0.338 e. The number of carbonyl (C=O) groups is 2. The van der Waals surface area contributed by atoms with Gasteiger partial charge in [0.05, 0.1) is 12.2 Å². The van der Waals surface area contributed by atoms with Crippen LogP contribution in [0.5, 0.6) is 0 Å². The Bertz CT molecular complexity index is 1260. The number of esters is 1. The van der Waals surface area contributed by atoms with Gasteiger partial charge < -0.3 is 14.7 Å². The molecule has 0 atom stereocenters. The minimum absolute atomic E-state index is 0.00364. The van der Waals surface area contributed by atoms with Crippen molar-refractivity contribution < 1.29 is 19.4 Å². The highest BCUT2D eigenvalue weighted by Crippen LogP contribution is 2.37. The van der Waals surface area contributed by atoms with Gasteiger partial charge in [-0.2, -0.15) is 0 Å². The van der Waals surface area contributed by atoms with Gasteiger partial charge in [-0.25, -0.2) is 4.79 Å². The van der Waals surface area contributed by atoms with Crippen LogP contribution >= 0.6 is 0 Å². The Balaban J connectivity index is 2.01. The molecule has 0 saturated carbocycles. The standard InChI is InChI=1S/C32H39NO4/c1-7-23-19-27(31(36)37-18-10-17-34)13-15-28(23)26-12-9-11-24(20-26)25-14-16-30(33(8-2)22(3)35)29(21-25)32(4,5)6/h9,11-16,19-21,34H,7-8,10,17-18H2,1-6H3. The number of hydrogen-bond acceptors (Lipinski definition) is 4. The fourth-order valence-electron chi connectivity index (χ4n) is 4.59. The highest BCUT2D eigenvalue weighted by molar-refractivity contribution is 5.93. The topological polar surface area (TPSA) is 66.8 Å². The Kier molecular flexibility index (Phi) is 9.28. The molecule has 5 heteroatoms. The predicted octanol–water partition coefficient (Wildman–Crippen LogP) is 6.79. The summed E-state index contributed by atoms with van der Waals surface area (Å²) in [5, 5.41) is 8.92. The molecule has 3 aromatic carbocycles. The van der Waals surface area contributed by atoms with Gasteiger partial charge in [0.1, 0.15) is 0 Å². The van der Waals surface area contributed by atoms with E-state index in [-0.39, 0.29) is 30.5 Å². The first kappa shape index (κ1) is 28.1. The van der Waals surface area contributed by atoms with Crippen LogP contribution < -0.4 is 4.90 Å². The van der Waals surface area contributed by atoms with Crippen molar-refractivity contribution in [3.05, 3.63) is 77.4 Å². The van der Waals surface area contributed by atoms with Crippen LogP contribution in [-0.4, -0.2) is 36.7 Å². The maximum atomic E-state index is 12.4. The van der Waals surface area contributed by atoms with Crippen LogP contribution in [0.25, 0.3) is 22.3 Å². The van der Waals surface area contributed by atoms with E-state index >= 15 is 0 Å². The summed E-state index contributed by atoms with van der Waals surface area (Å²) in [5.74, 6) is -0.333. The molecular weight excluding hydrogens is 462 g/mol.